The van der Waals surface area contributed by atoms with Crippen molar-refractivity contribution >= 4 is 17.2 Å². The van der Waals surface area contributed by atoms with Crippen molar-refractivity contribution in [2.45, 2.75) is 13.5 Å². The fourth-order valence-corrected chi connectivity index (χ4v) is 4.52. The van der Waals surface area contributed by atoms with Crippen LogP contribution in [-0.4, -0.2) is 61.7 Å². The van der Waals surface area contributed by atoms with Gasteiger partial charge in [0.1, 0.15) is 19.0 Å². The fourth-order valence-electron chi connectivity index (χ4n) is 3.77. The minimum absolute atomic E-state index is 0.0330. The minimum atomic E-state index is 0.0330. The molecule has 1 aromatic heterocycles. The van der Waals surface area contributed by atoms with Crippen LogP contribution < -0.4 is 14.2 Å². The van der Waals surface area contributed by atoms with E-state index < -0.39 is 0 Å². The summed E-state index contributed by atoms with van der Waals surface area (Å²) in [4.78, 5) is 18.8. The maximum atomic E-state index is 13.1. The van der Waals surface area contributed by atoms with Crippen molar-refractivity contribution in [3.63, 3.8) is 0 Å². The number of thiophene rings is 1. The second-order valence-corrected chi connectivity index (χ2v) is 8.78. The van der Waals surface area contributed by atoms with E-state index in [0.29, 0.717) is 36.9 Å². The molecule has 4 rings (SSSR count). The Labute approximate surface area is 199 Å². The van der Waals surface area contributed by atoms with Crippen molar-refractivity contribution in [3.05, 3.63) is 76.5 Å². The van der Waals surface area contributed by atoms with E-state index in [1.807, 2.05) is 54.3 Å². The second-order valence-electron chi connectivity index (χ2n) is 7.75. The van der Waals surface area contributed by atoms with Gasteiger partial charge in [-0.05, 0) is 48.7 Å². The highest BCUT2D eigenvalue weighted by Crippen LogP contribution is 2.29. The number of piperazine rings is 1. The van der Waals surface area contributed by atoms with Crippen LogP contribution in [0.25, 0.3) is 0 Å². The Morgan fingerprint density at radius 3 is 2.39 bits per heavy atom. The van der Waals surface area contributed by atoms with E-state index >= 15 is 0 Å². The Morgan fingerprint density at radius 2 is 1.67 bits per heavy atom. The van der Waals surface area contributed by atoms with Gasteiger partial charge in [-0.3, -0.25) is 9.69 Å². The third-order valence-electron chi connectivity index (χ3n) is 5.46. The zero-order valence-electron chi connectivity index (χ0n) is 18.9. The van der Waals surface area contributed by atoms with Crippen molar-refractivity contribution in [3.8, 4) is 17.2 Å². The molecule has 0 N–H and O–H groups in total. The lowest BCUT2D eigenvalue weighted by Gasteiger charge is -2.34. The van der Waals surface area contributed by atoms with Gasteiger partial charge >= 0.3 is 0 Å². The number of hydrogen-bond acceptors (Lipinski definition) is 6. The molecule has 1 aliphatic rings. The number of ether oxygens (including phenoxy) is 3. The average Bonchev–Trinajstić information content (AvgIpc) is 3.36. The third-order valence-corrected chi connectivity index (χ3v) is 6.32. The standard InChI is InChI=1S/C26H30N2O4S/c1-2-30-25-19-21(10-11-24(25)32-17-16-31-22-7-4-3-5-8-22)26(29)28-14-12-27(13-15-28)20-23-9-6-18-33-23/h3-11,18-19H,2,12-17,20H2,1H3. The van der Waals surface area contributed by atoms with Crippen molar-refractivity contribution in [2.24, 2.45) is 0 Å². The summed E-state index contributed by atoms with van der Waals surface area (Å²) in [6.45, 7) is 7.38. The fraction of sp³-hybridized carbons (Fsp3) is 0.346. The normalized spacial score (nSPS) is 14.2. The molecule has 1 amide bonds. The molecule has 0 atom stereocenters. The predicted molar refractivity (Wildman–Crippen MR) is 131 cm³/mol. The van der Waals surface area contributed by atoms with Crippen molar-refractivity contribution in [1.29, 1.82) is 0 Å². The maximum absolute atomic E-state index is 13.1. The highest BCUT2D eigenvalue weighted by Gasteiger charge is 2.23. The molecule has 174 valence electrons. The number of rotatable bonds is 10. The molecule has 0 spiro atoms. The summed E-state index contributed by atoms with van der Waals surface area (Å²) in [6, 6.07) is 19.3. The lowest BCUT2D eigenvalue weighted by Crippen LogP contribution is -2.48. The Hall–Kier alpha value is -3.03. The van der Waals surface area contributed by atoms with Crippen LogP contribution in [0.4, 0.5) is 0 Å². The average molecular weight is 467 g/mol. The summed E-state index contributed by atoms with van der Waals surface area (Å²) in [5.41, 5.74) is 0.623. The zero-order chi connectivity index (χ0) is 22.9. The highest BCUT2D eigenvalue weighted by molar-refractivity contribution is 7.09. The van der Waals surface area contributed by atoms with Gasteiger partial charge in [-0.15, -0.1) is 11.3 Å². The van der Waals surface area contributed by atoms with Crippen molar-refractivity contribution in [1.82, 2.24) is 9.80 Å². The van der Waals surface area contributed by atoms with E-state index in [0.717, 1.165) is 38.5 Å². The zero-order valence-corrected chi connectivity index (χ0v) is 19.8. The SMILES string of the molecule is CCOc1cc(C(=O)N2CCN(Cc3cccs3)CC2)ccc1OCCOc1ccccc1. The molecule has 0 saturated carbocycles. The summed E-state index contributed by atoms with van der Waals surface area (Å²) in [5.74, 6) is 2.04. The smallest absolute Gasteiger partial charge is 0.254 e. The predicted octanol–water partition coefficient (Wildman–Crippen LogP) is 4.56. The number of hydrogen-bond donors (Lipinski definition) is 0. The lowest BCUT2D eigenvalue weighted by molar-refractivity contribution is 0.0629. The number of carbonyl (C=O) groups excluding carboxylic acids is 1. The topological polar surface area (TPSA) is 51.2 Å². The first-order chi connectivity index (χ1) is 16.2. The van der Waals surface area contributed by atoms with Gasteiger partial charge in [0.05, 0.1) is 6.61 Å². The van der Waals surface area contributed by atoms with Gasteiger partial charge < -0.3 is 19.1 Å². The second kappa shape index (κ2) is 11.7. The molecule has 0 radical (unpaired) electrons. The Kier molecular flexibility index (Phi) is 8.22. The van der Waals surface area contributed by atoms with E-state index in [4.69, 9.17) is 14.2 Å². The molecule has 1 saturated heterocycles. The van der Waals surface area contributed by atoms with E-state index in [1.165, 1.54) is 4.88 Å². The van der Waals surface area contributed by atoms with E-state index in [9.17, 15) is 4.79 Å². The number of carbonyl (C=O) groups is 1. The van der Waals surface area contributed by atoms with Crippen LogP contribution in [0.15, 0.2) is 66.0 Å². The maximum Gasteiger partial charge on any atom is 0.254 e. The number of para-hydroxylation sites is 1. The Morgan fingerprint density at radius 1 is 0.879 bits per heavy atom. The molecule has 7 heteroatoms. The first kappa shape index (κ1) is 23.1. The Balaban J connectivity index is 1.31. The van der Waals surface area contributed by atoms with Gasteiger partial charge in [0.25, 0.3) is 5.91 Å². The molecule has 2 heterocycles. The molecule has 1 fully saturated rings. The quantitative estimate of drug-likeness (QED) is 0.410. The van der Waals surface area contributed by atoms with E-state index in [1.54, 1.807) is 17.4 Å². The van der Waals surface area contributed by atoms with Gasteiger partial charge in [-0.2, -0.15) is 0 Å². The summed E-state index contributed by atoms with van der Waals surface area (Å²) in [6.07, 6.45) is 0. The summed E-state index contributed by atoms with van der Waals surface area (Å²) < 4.78 is 17.3. The van der Waals surface area contributed by atoms with Gasteiger partial charge in [0, 0.05) is 43.2 Å². The van der Waals surface area contributed by atoms with Gasteiger partial charge in [0.15, 0.2) is 11.5 Å². The van der Waals surface area contributed by atoms with E-state index in [2.05, 4.69) is 22.4 Å². The lowest BCUT2D eigenvalue weighted by atomic mass is 10.1. The van der Waals surface area contributed by atoms with Gasteiger partial charge in [-0.25, -0.2) is 0 Å². The van der Waals surface area contributed by atoms with Gasteiger partial charge in [0.2, 0.25) is 0 Å². The number of nitrogens with zero attached hydrogens (tertiary/aromatic N) is 2. The molecule has 6 nitrogen and oxygen atoms in total. The first-order valence-corrected chi connectivity index (χ1v) is 12.2. The van der Waals surface area contributed by atoms with Crippen molar-refractivity contribution in [2.75, 3.05) is 46.0 Å². The van der Waals surface area contributed by atoms with E-state index in [-0.39, 0.29) is 5.91 Å². The van der Waals surface area contributed by atoms with Crippen LogP contribution >= 0.6 is 11.3 Å². The van der Waals surface area contributed by atoms with Crippen LogP contribution in [-0.2, 0) is 6.54 Å². The largest absolute Gasteiger partial charge is 0.490 e. The third kappa shape index (κ3) is 6.49. The Bertz CT molecular complexity index is 1000. The van der Waals surface area contributed by atoms with Crippen LogP contribution in [0, 0.1) is 0 Å². The molecule has 1 aliphatic heterocycles. The monoisotopic (exact) mass is 466 g/mol. The molecular formula is C26H30N2O4S. The molecule has 33 heavy (non-hydrogen) atoms. The van der Waals surface area contributed by atoms with Crippen LogP contribution in [0.1, 0.15) is 22.2 Å². The summed E-state index contributed by atoms with van der Waals surface area (Å²) >= 11 is 1.78. The molecular weight excluding hydrogens is 436 g/mol. The number of amides is 1. The molecule has 0 bridgehead atoms. The van der Waals surface area contributed by atoms with Gasteiger partial charge in [-0.1, -0.05) is 24.3 Å². The highest BCUT2D eigenvalue weighted by atomic mass is 32.1. The first-order valence-electron chi connectivity index (χ1n) is 11.3. The van der Waals surface area contributed by atoms with Crippen LogP contribution in [0.3, 0.4) is 0 Å². The number of benzene rings is 2. The summed E-state index contributed by atoms with van der Waals surface area (Å²) in [7, 11) is 0. The minimum Gasteiger partial charge on any atom is -0.490 e. The summed E-state index contributed by atoms with van der Waals surface area (Å²) in [5, 5.41) is 2.11. The molecule has 3 aromatic rings. The molecule has 0 aliphatic carbocycles. The van der Waals surface area contributed by atoms with Crippen molar-refractivity contribution < 1.29 is 19.0 Å². The van der Waals surface area contributed by atoms with Crippen LogP contribution in [0.2, 0.25) is 0 Å². The molecule has 0 unspecified atom stereocenters. The van der Waals surface area contributed by atoms with Crippen LogP contribution in [0.5, 0.6) is 17.2 Å². The molecule has 2 aromatic carbocycles.